The average molecular weight is 280 g/mol. The first-order valence-corrected chi connectivity index (χ1v) is 6.75. The molecule has 0 aliphatic carbocycles. The Morgan fingerprint density at radius 3 is 2.76 bits per heavy atom. The molecule has 3 aromatic rings. The second kappa shape index (κ2) is 5.66. The minimum Gasteiger partial charge on any atom is -0.380 e. The lowest BCUT2D eigenvalue weighted by atomic mass is 10.2. The summed E-state index contributed by atoms with van der Waals surface area (Å²) in [6.07, 6.45) is 1.82. The third kappa shape index (κ3) is 3.02. The average Bonchev–Trinajstić information content (AvgIpc) is 2.95. The third-order valence-corrected chi connectivity index (χ3v) is 3.24. The summed E-state index contributed by atoms with van der Waals surface area (Å²) >= 11 is 0. The van der Waals surface area contributed by atoms with Crippen LogP contribution in [0, 0.1) is 0 Å². The maximum absolute atomic E-state index is 11.0. The zero-order chi connectivity index (χ0) is 14.7. The first-order valence-electron chi connectivity index (χ1n) is 6.75. The number of H-pyrrole nitrogens is 1. The van der Waals surface area contributed by atoms with E-state index in [9.17, 15) is 4.79 Å². The molecule has 0 saturated heterocycles. The highest BCUT2D eigenvalue weighted by Crippen LogP contribution is 2.21. The van der Waals surface area contributed by atoms with Crippen LogP contribution in [0.4, 0.5) is 11.4 Å². The van der Waals surface area contributed by atoms with E-state index >= 15 is 0 Å². The van der Waals surface area contributed by atoms with E-state index in [4.69, 9.17) is 0 Å². The van der Waals surface area contributed by atoms with E-state index in [0.29, 0.717) is 6.54 Å². The smallest absolute Gasteiger partial charge is 0.221 e. The Kier molecular flexibility index (Phi) is 3.55. The topological polar surface area (TPSA) is 69.8 Å². The van der Waals surface area contributed by atoms with Crippen molar-refractivity contribution in [1.29, 1.82) is 0 Å². The van der Waals surface area contributed by atoms with E-state index in [1.807, 2.05) is 48.7 Å². The monoisotopic (exact) mass is 280 g/mol. The third-order valence-electron chi connectivity index (χ3n) is 3.24. The van der Waals surface area contributed by atoms with Gasteiger partial charge in [-0.1, -0.05) is 18.2 Å². The zero-order valence-corrected chi connectivity index (χ0v) is 11.7. The summed E-state index contributed by atoms with van der Waals surface area (Å²) in [5.41, 5.74) is 4.01. The zero-order valence-electron chi connectivity index (χ0n) is 11.7. The van der Waals surface area contributed by atoms with Crippen LogP contribution in [0.25, 0.3) is 10.9 Å². The minimum absolute atomic E-state index is 0.0625. The fourth-order valence-electron chi connectivity index (χ4n) is 2.23. The van der Waals surface area contributed by atoms with Crippen molar-refractivity contribution in [1.82, 2.24) is 10.2 Å². The molecule has 5 nitrogen and oxygen atoms in total. The fourth-order valence-corrected chi connectivity index (χ4v) is 2.23. The molecule has 0 saturated carbocycles. The summed E-state index contributed by atoms with van der Waals surface area (Å²) in [4.78, 5) is 11.0. The van der Waals surface area contributed by atoms with Crippen LogP contribution in [0.15, 0.2) is 48.7 Å². The lowest BCUT2D eigenvalue weighted by molar-refractivity contribution is -0.114. The summed E-state index contributed by atoms with van der Waals surface area (Å²) < 4.78 is 0. The van der Waals surface area contributed by atoms with Crippen molar-refractivity contribution < 1.29 is 4.79 Å². The van der Waals surface area contributed by atoms with Crippen molar-refractivity contribution in [3.05, 3.63) is 54.2 Å². The molecule has 0 atom stereocenters. The van der Waals surface area contributed by atoms with Gasteiger partial charge in [0, 0.05) is 30.2 Å². The Balaban J connectivity index is 1.70. The van der Waals surface area contributed by atoms with E-state index in [0.717, 1.165) is 27.8 Å². The molecular formula is C16H16N4O. The predicted octanol–water partition coefficient (Wildman–Crippen LogP) is 3.13. The molecule has 1 heterocycles. The number of hydrogen-bond donors (Lipinski definition) is 3. The number of amides is 1. The van der Waals surface area contributed by atoms with Crippen LogP contribution in [0.1, 0.15) is 12.5 Å². The molecule has 106 valence electrons. The van der Waals surface area contributed by atoms with E-state index in [1.54, 1.807) is 0 Å². The number of aromatic nitrogens is 2. The van der Waals surface area contributed by atoms with Gasteiger partial charge in [-0.3, -0.25) is 9.89 Å². The lowest BCUT2D eigenvalue weighted by Crippen LogP contribution is -2.06. The van der Waals surface area contributed by atoms with Crippen molar-refractivity contribution in [2.24, 2.45) is 0 Å². The number of benzene rings is 2. The van der Waals surface area contributed by atoms with E-state index in [2.05, 4.69) is 20.8 Å². The molecule has 3 rings (SSSR count). The number of hydrogen-bond acceptors (Lipinski definition) is 3. The predicted molar refractivity (Wildman–Crippen MR) is 84.2 cm³/mol. The Bertz CT molecular complexity index is 761. The van der Waals surface area contributed by atoms with Crippen LogP contribution < -0.4 is 10.6 Å². The first-order chi connectivity index (χ1) is 10.2. The molecule has 21 heavy (non-hydrogen) atoms. The van der Waals surface area contributed by atoms with E-state index in [1.165, 1.54) is 6.92 Å². The van der Waals surface area contributed by atoms with Gasteiger partial charge in [0.1, 0.15) is 0 Å². The number of carbonyl (C=O) groups excluding carboxylic acids is 1. The van der Waals surface area contributed by atoms with Crippen LogP contribution in [-0.2, 0) is 11.3 Å². The minimum atomic E-state index is -0.0625. The molecule has 0 fully saturated rings. The van der Waals surface area contributed by atoms with Gasteiger partial charge < -0.3 is 10.6 Å². The standard InChI is InChI=1S/C16H16N4O/c1-11(21)19-13-7-5-12(6-8-13)9-17-15-3-2-4-16-14(15)10-18-20-16/h2-8,10,17H,9H2,1H3,(H,18,20)(H,19,21). The van der Waals surface area contributed by atoms with Gasteiger partial charge in [0.25, 0.3) is 0 Å². The SMILES string of the molecule is CC(=O)Nc1ccc(CNc2cccc3[nH]ncc23)cc1. The highest BCUT2D eigenvalue weighted by Gasteiger charge is 2.02. The van der Waals surface area contributed by atoms with Crippen LogP contribution in [0.2, 0.25) is 0 Å². The number of carbonyl (C=O) groups is 1. The number of fused-ring (bicyclic) bond motifs is 1. The Labute approximate surface area is 122 Å². The molecule has 0 spiro atoms. The Morgan fingerprint density at radius 1 is 1.19 bits per heavy atom. The normalized spacial score (nSPS) is 10.5. The van der Waals surface area contributed by atoms with Gasteiger partial charge >= 0.3 is 0 Å². The van der Waals surface area contributed by atoms with E-state index in [-0.39, 0.29) is 5.91 Å². The molecule has 3 N–H and O–H groups in total. The van der Waals surface area contributed by atoms with Gasteiger partial charge in [-0.25, -0.2) is 0 Å². The molecule has 0 bridgehead atoms. The number of anilines is 2. The number of nitrogens with zero attached hydrogens (tertiary/aromatic N) is 1. The highest BCUT2D eigenvalue weighted by molar-refractivity contribution is 5.91. The van der Waals surface area contributed by atoms with Crippen molar-refractivity contribution in [3.8, 4) is 0 Å². The largest absolute Gasteiger partial charge is 0.380 e. The molecule has 0 unspecified atom stereocenters. The van der Waals surface area contributed by atoms with Gasteiger partial charge in [0.15, 0.2) is 0 Å². The van der Waals surface area contributed by atoms with Gasteiger partial charge in [0.05, 0.1) is 11.7 Å². The molecule has 1 aromatic heterocycles. The summed E-state index contributed by atoms with van der Waals surface area (Å²) in [5, 5.41) is 14.2. The Hall–Kier alpha value is -2.82. The van der Waals surface area contributed by atoms with Crippen LogP contribution in [0.5, 0.6) is 0 Å². The summed E-state index contributed by atoms with van der Waals surface area (Å²) in [6, 6.07) is 13.8. The summed E-state index contributed by atoms with van der Waals surface area (Å²) in [6.45, 7) is 2.21. The fraction of sp³-hybridized carbons (Fsp3) is 0.125. The van der Waals surface area contributed by atoms with Crippen molar-refractivity contribution in [2.45, 2.75) is 13.5 Å². The van der Waals surface area contributed by atoms with Gasteiger partial charge in [-0.15, -0.1) is 0 Å². The molecular weight excluding hydrogens is 264 g/mol. The van der Waals surface area contributed by atoms with E-state index < -0.39 is 0 Å². The van der Waals surface area contributed by atoms with Crippen LogP contribution >= 0.6 is 0 Å². The second-order valence-corrected chi connectivity index (χ2v) is 4.87. The van der Waals surface area contributed by atoms with Gasteiger partial charge in [-0.2, -0.15) is 5.10 Å². The van der Waals surface area contributed by atoms with Crippen molar-refractivity contribution >= 4 is 28.2 Å². The maximum atomic E-state index is 11.0. The molecule has 0 radical (unpaired) electrons. The van der Waals surface area contributed by atoms with Gasteiger partial charge in [0.2, 0.25) is 5.91 Å². The first kappa shape index (κ1) is 13.2. The van der Waals surface area contributed by atoms with Gasteiger partial charge in [-0.05, 0) is 29.8 Å². The number of nitrogens with one attached hydrogen (secondary N) is 3. The van der Waals surface area contributed by atoms with Crippen LogP contribution in [0.3, 0.4) is 0 Å². The Morgan fingerprint density at radius 2 is 2.00 bits per heavy atom. The highest BCUT2D eigenvalue weighted by atomic mass is 16.1. The van der Waals surface area contributed by atoms with Crippen molar-refractivity contribution in [3.63, 3.8) is 0 Å². The molecule has 0 aliphatic heterocycles. The summed E-state index contributed by atoms with van der Waals surface area (Å²) in [5.74, 6) is -0.0625. The lowest BCUT2D eigenvalue weighted by Gasteiger charge is -2.08. The van der Waals surface area contributed by atoms with Crippen LogP contribution in [-0.4, -0.2) is 16.1 Å². The van der Waals surface area contributed by atoms with Crippen molar-refractivity contribution in [2.75, 3.05) is 10.6 Å². The maximum Gasteiger partial charge on any atom is 0.221 e. The summed E-state index contributed by atoms with van der Waals surface area (Å²) in [7, 11) is 0. The molecule has 2 aromatic carbocycles. The molecule has 5 heteroatoms. The molecule has 1 amide bonds. The number of aromatic amines is 1. The molecule has 0 aliphatic rings. The quantitative estimate of drug-likeness (QED) is 0.687. The number of rotatable bonds is 4. The second-order valence-electron chi connectivity index (χ2n) is 4.87.